The number of nitrogens with one attached hydrogen (secondary N) is 2. The second-order valence-corrected chi connectivity index (χ2v) is 12.3. The van der Waals surface area contributed by atoms with Gasteiger partial charge >= 0.3 is 0 Å². The lowest BCUT2D eigenvalue weighted by Crippen LogP contribution is -2.58. The van der Waals surface area contributed by atoms with Crippen molar-refractivity contribution in [1.29, 1.82) is 0 Å². The molecule has 2 aliphatic heterocycles. The molecule has 0 bridgehead atoms. The molecule has 0 radical (unpaired) electrons. The Balaban J connectivity index is 0.00000114. The van der Waals surface area contributed by atoms with Gasteiger partial charge in [-0.2, -0.15) is 0 Å². The summed E-state index contributed by atoms with van der Waals surface area (Å²) in [4.78, 5) is 21.1. The van der Waals surface area contributed by atoms with Crippen molar-refractivity contribution in [2.75, 3.05) is 0 Å². The fourth-order valence-corrected chi connectivity index (χ4v) is 6.68. The van der Waals surface area contributed by atoms with Crippen LogP contribution in [-0.2, 0) is 4.79 Å². The molecule has 6 N–H and O–H groups in total. The van der Waals surface area contributed by atoms with Gasteiger partial charge in [-0.3, -0.25) is 9.59 Å². The largest absolute Gasteiger partial charge is 0.372 e. The molecule has 2 aliphatic rings. The summed E-state index contributed by atoms with van der Waals surface area (Å²) in [6.07, 6.45) is 4.38. The smallest absolute Gasteiger partial charge is 0.248 e. The molecule has 6 nitrogen and oxygen atoms in total. The van der Waals surface area contributed by atoms with Crippen molar-refractivity contribution < 1.29 is 9.59 Å². The summed E-state index contributed by atoms with van der Waals surface area (Å²) < 4.78 is 0. The van der Waals surface area contributed by atoms with Crippen LogP contribution in [0.15, 0.2) is 18.2 Å². The molecule has 2 fully saturated rings. The average molecular weight is 445 g/mol. The number of benzene rings is 1. The molecule has 0 aromatic heterocycles. The van der Waals surface area contributed by atoms with Crippen LogP contribution >= 0.6 is 0 Å². The van der Waals surface area contributed by atoms with Gasteiger partial charge in [0.1, 0.15) is 0 Å². The summed E-state index contributed by atoms with van der Waals surface area (Å²) in [5.41, 5.74) is 13.5. The van der Waals surface area contributed by atoms with E-state index >= 15 is 0 Å². The van der Waals surface area contributed by atoms with Crippen molar-refractivity contribution in [2.24, 2.45) is 11.5 Å². The second-order valence-electron chi connectivity index (χ2n) is 12.3. The van der Waals surface area contributed by atoms with Gasteiger partial charge in [-0.05, 0) is 110 Å². The van der Waals surface area contributed by atoms with Gasteiger partial charge in [-0.15, -0.1) is 0 Å². The lowest BCUT2D eigenvalue weighted by molar-refractivity contribution is -0.106. The first-order chi connectivity index (χ1) is 14.5. The van der Waals surface area contributed by atoms with Crippen molar-refractivity contribution in [3.63, 3.8) is 0 Å². The van der Waals surface area contributed by atoms with Crippen molar-refractivity contribution >= 4 is 12.3 Å². The maximum absolute atomic E-state index is 12.5. The van der Waals surface area contributed by atoms with E-state index in [1.807, 2.05) is 12.1 Å². The highest BCUT2D eigenvalue weighted by molar-refractivity contribution is 5.95. The molecule has 0 spiro atoms. The maximum atomic E-state index is 12.5. The predicted molar refractivity (Wildman–Crippen MR) is 132 cm³/mol. The summed E-state index contributed by atoms with van der Waals surface area (Å²) in [7, 11) is 0. The van der Waals surface area contributed by atoms with Gasteiger partial charge in [0.15, 0.2) is 0 Å². The number of carbonyl (C=O) groups is 2. The van der Waals surface area contributed by atoms with Crippen molar-refractivity contribution in [2.45, 2.75) is 115 Å². The fourth-order valence-electron chi connectivity index (χ4n) is 6.68. The fraction of sp³-hybridized carbons (Fsp3) is 0.692. The van der Waals surface area contributed by atoms with Crippen LogP contribution < -0.4 is 22.1 Å². The lowest BCUT2D eigenvalue weighted by Gasteiger charge is -2.49. The molecule has 2 heterocycles. The highest BCUT2D eigenvalue weighted by Crippen LogP contribution is 2.47. The first-order valence-corrected chi connectivity index (χ1v) is 11.7. The zero-order chi connectivity index (χ0) is 24.5. The van der Waals surface area contributed by atoms with Crippen LogP contribution in [0.2, 0.25) is 0 Å². The molecule has 0 atom stereocenters. The summed E-state index contributed by atoms with van der Waals surface area (Å²) in [6.45, 7) is 18.2. The maximum Gasteiger partial charge on any atom is 0.248 e. The topological polar surface area (TPSA) is 110 Å². The molecule has 32 heavy (non-hydrogen) atoms. The van der Waals surface area contributed by atoms with Gasteiger partial charge in [-0.1, -0.05) is 12.1 Å². The predicted octanol–water partition coefficient (Wildman–Crippen LogP) is 3.94. The molecule has 0 aliphatic carbocycles. The second kappa shape index (κ2) is 9.14. The summed E-state index contributed by atoms with van der Waals surface area (Å²) in [6, 6.07) is 6.21. The van der Waals surface area contributed by atoms with E-state index in [2.05, 4.69) is 77.8 Å². The van der Waals surface area contributed by atoms with Gasteiger partial charge in [0, 0.05) is 27.7 Å². The lowest BCUT2D eigenvalue weighted by atomic mass is 9.67. The van der Waals surface area contributed by atoms with Crippen LogP contribution in [0.25, 0.3) is 0 Å². The first-order valence-electron chi connectivity index (χ1n) is 11.7. The van der Waals surface area contributed by atoms with Crippen LogP contribution in [-0.4, -0.2) is 34.5 Å². The average Bonchev–Trinajstić information content (AvgIpc) is 2.56. The van der Waals surface area contributed by atoms with Gasteiger partial charge < -0.3 is 22.1 Å². The van der Waals surface area contributed by atoms with Gasteiger partial charge in [-0.25, -0.2) is 0 Å². The van der Waals surface area contributed by atoms with E-state index in [0.29, 0.717) is 11.8 Å². The van der Waals surface area contributed by atoms with Gasteiger partial charge in [0.05, 0.1) is 0 Å². The van der Waals surface area contributed by atoms with Gasteiger partial charge in [0.2, 0.25) is 12.3 Å². The Bertz CT molecular complexity index is 810. The number of primary amides is 2. The minimum atomic E-state index is -0.302. The van der Waals surface area contributed by atoms with E-state index in [4.69, 9.17) is 10.5 Å². The van der Waals surface area contributed by atoms with E-state index < -0.39 is 0 Å². The Kier molecular flexibility index (Phi) is 7.52. The number of hydrogen-bond acceptors (Lipinski definition) is 4. The molecular formula is C26H44N4O2. The summed E-state index contributed by atoms with van der Waals surface area (Å²) in [5, 5.41) is 7.57. The Hall–Kier alpha value is -1.92. The van der Waals surface area contributed by atoms with E-state index in [1.165, 1.54) is 11.1 Å². The highest BCUT2D eigenvalue weighted by Gasteiger charge is 2.43. The van der Waals surface area contributed by atoms with Crippen LogP contribution in [0.1, 0.15) is 114 Å². The molecule has 0 saturated carbocycles. The number of piperidine rings is 2. The number of carbonyl (C=O) groups excluding carboxylic acids is 2. The SMILES string of the molecule is CC1(C)CC(c2cccc(C(N)=O)c2C2CC(C)(C)NC(C)(C)C2)CC(C)(C)N1.NC=O. The van der Waals surface area contributed by atoms with Crippen molar-refractivity contribution in [3.05, 3.63) is 34.9 Å². The number of rotatable bonds is 3. The molecule has 1 aromatic rings. The number of amides is 2. The molecule has 3 rings (SSSR count). The number of hydrogen-bond donors (Lipinski definition) is 4. The van der Waals surface area contributed by atoms with Crippen LogP contribution in [0.5, 0.6) is 0 Å². The number of nitrogens with two attached hydrogens (primary N) is 2. The van der Waals surface area contributed by atoms with Gasteiger partial charge in [0.25, 0.3) is 0 Å². The quantitative estimate of drug-likeness (QED) is 0.529. The molecule has 2 saturated heterocycles. The first kappa shape index (κ1) is 26.3. The van der Waals surface area contributed by atoms with E-state index in [0.717, 1.165) is 31.2 Å². The monoisotopic (exact) mass is 444 g/mol. The molecule has 0 unspecified atom stereocenters. The Morgan fingerprint density at radius 3 is 1.59 bits per heavy atom. The molecular weight excluding hydrogens is 400 g/mol. The van der Waals surface area contributed by atoms with Crippen LogP contribution in [0.4, 0.5) is 0 Å². The third kappa shape index (κ3) is 6.55. The minimum Gasteiger partial charge on any atom is -0.372 e. The van der Waals surface area contributed by atoms with Crippen LogP contribution in [0, 0.1) is 0 Å². The van der Waals surface area contributed by atoms with Crippen molar-refractivity contribution in [1.82, 2.24) is 10.6 Å². The third-order valence-electron chi connectivity index (χ3n) is 6.63. The van der Waals surface area contributed by atoms with E-state index in [9.17, 15) is 4.79 Å². The van der Waals surface area contributed by atoms with Crippen molar-refractivity contribution in [3.8, 4) is 0 Å². The van der Waals surface area contributed by atoms with E-state index in [1.54, 1.807) is 0 Å². The molecule has 1 aromatic carbocycles. The zero-order valence-corrected chi connectivity index (χ0v) is 21.3. The highest BCUT2D eigenvalue weighted by atomic mass is 16.1. The molecule has 2 amide bonds. The van der Waals surface area contributed by atoms with E-state index in [-0.39, 0.29) is 34.5 Å². The Labute approximate surface area is 194 Å². The normalized spacial score (nSPS) is 24.1. The Morgan fingerprint density at radius 2 is 1.22 bits per heavy atom. The third-order valence-corrected chi connectivity index (χ3v) is 6.63. The van der Waals surface area contributed by atoms with Crippen LogP contribution in [0.3, 0.4) is 0 Å². The Morgan fingerprint density at radius 1 is 0.844 bits per heavy atom. The standard InChI is InChI=1S/C25H41N3O.CH3NO/c1-22(2)12-16(13-23(3,4)27-22)18-10-9-11-19(21(26)29)20(18)17-14-24(5,6)28-25(7,8)15-17;2-1-3/h9-11,16-17,27-28H,12-15H2,1-8H3,(H2,26,29);1H,(H2,2,3). The molecule has 180 valence electrons. The summed E-state index contributed by atoms with van der Waals surface area (Å²) >= 11 is 0. The zero-order valence-electron chi connectivity index (χ0n) is 21.3. The summed E-state index contributed by atoms with van der Waals surface area (Å²) in [5.74, 6) is 0.432. The minimum absolute atomic E-state index is 0.0150. The molecule has 6 heteroatoms.